The first-order valence-electron chi connectivity index (χ1n) is 10.1. The van der Waals surface area contributed by atoms with Gasteiger partial charge >= 0.3 is 12.4 Å². The SMILES string of the molecule is COc1cccc2nccc(N3C(=O)N(c4ccc(OC(F)(F)F)cc4)C(=O)C34CC4C)c12. The van der Waals surface area contributed by atoms with E-state index >= 15 is 0 Å². The lowest BCUT2D eigenvalue weighted by Crippen LogP contribution is -2.39. The number of halogens is 3. The van der Waals surface area contributed by atoms with Crippen molar-refractivity contribution in [1.29, 1.82) is 0 Å². The Kier molecular flexibility index (Phi) is 4.52. The molecule has 2 fully saturated rings. The molecule has 2 heterocycles. The predicted molar refractivity (Wildman–Crippen MR) is 113 cm³/mol. The summed E-state index contributed by atoms with van der Waals surface area (Å²) in [4.78, 5) is 34.0. The molecule has 2 aliphatic rings. The van der Waals surface area contributed by atoms with E-state index in [1.54, 1.807) is 30.5 Å². The highest BCUT2D eigenvalue weighted by molar-refractivity contribution is 6.33. The number of ether oxygens (including phenoxy) is 2. The summed E-state index contributed by atoms with van der Waals surface area (Å²) in [5.74, 6) is -0.470. The fraction of sp³-hybridized carbons (Fsp3) is 0.261. The predicted octanol–water partition coefficient (Wildman–Crippen LogP) is 4.89. The van der Waals surface area contributed by atoms with Crippen LogP contribution in [0.15, 0.2) is 54.7 Å². The molecule has 170 valence electrons. The maximum atomic E-state index is 13.6. The van der Waals surface area contributed by atoms with Gasteiger partial charge in [-0.25, -0.2) is 9.69 Å². The number of benzene rings is 2. The van der Waals surface area contributed by atoms with Crippen LogP contribution in [-0.2, 0) is 4.79 Å². The number of imide groups is 1. The van der Waals surface area contributed by atoms with Crippen LogP contribution in [-0.4, -0.2) is 35.9 Å². The first kappa shape index (κ1) is 21.0. The zero-order valence-electron chi connectivity index (χ0n) is 17.6. The molecule has 1 aliphatic heterocycles. The molecule has 2 unspecified atom stereocenters. The molecule has 2 atom stereocenters. The fourth-order valence-electron chi connectivity index (χ4n) is 4.52. The molecule has 3 aromatic rings. The number of hydrogen-bond acceptors (Lipinski definition) is 5. The summed E-state index contributed by atoms with van der Waals surface area (Å²) >= 11 is 0. The average molecular weight is 457 g/mol. The van der Waals surface area contributed by atoms with Crippen molar-refractivity contribution in [3.05, 3.63) is 54.7 Å². The van der Waals surface area contributed by atoms with Gasteiger partial charge in [0.1, 0.15) is 17.0 Å². The van der Waals surface area contributed by atoms with Crippen molar-refractivity contribution in [2.24, 2.45) is 5.92 Å². The van der Waals surface area contributed by atoms with Crippen molar-refractivity contribution >= 4 is 34.2 Å². The molecule has 10 heteroatoms. The second kappa shape index (κ2) is 7.09. The van der Waals surface area contributed by atoms with Crippen LogP contribution in [0, 0.1) is 5.92 Å². The first-order chi connectivity index (χ1) is 15.7. The molecule has 7 nitrogen and oxygen atoms in total. The number of urea groups is 1. The number of carbonyl (C=O) groups excluding carboxylic acids is 2. The minimum atomic E-state index is -4.84. The second-order valence-electron chi connectivity index (χ2n) is 8.01. The lowest BCUT2D eigenvalue weighted by molar-refractivity contribution is -0.274. The Morgan fingerprint density at radius 2 is 1.79 bits per heavy atom. The van der Waals surface area contributed by atoms with Crippen molar-refractivity contribution in [2.75, 3.05) is 16.9 Å². The van der Waals surface area contributed by atoms with Gasteiger partial charge in [0.05, 0.1) is 29.4 Å². The van der Waals surface area contributed by atoms with Crippen molar-refractivity contribution in [2.45, 2.75) is 25.2 Å². The van der Waals surface area contributed by atoms with Gasteiger partial charge in [0, 0.05) is 6.20 Å². The molecule has 1 saturated heterocycles. The van der Waals surface area contributed by atoms with Crippen LogP contribution in [0.25, 0.3) is 10.9 Å². The molecule has 3 amide bonds. The Labute approximate surface area is 186 Å². The van der Waals surface area contributed by atoms with E-state index in [0.717, 1.165) is 17.0 Å². The average Bonchev–Trinajstić information content (AvgIpc) is 3.39. The Morgan fingerprint density at radius 1 is 1.09 bits per heavy atom. The van der Waals surface area contributed by atoms with Crippen molar-refractivity contribution in [1.82, 2.24) is 4.98 Å². The van der Waals surface area contributed by atoms with Gasteiger partial charge < -0.3 is 9.47 Å². The lowest BCUT2D eigenvalue weighted by atomic mass is 10.1. The Bertz CT molecular complexity index is 1270. The minimum absolute atomic E-state index is 0.107. The highest BCUT2D eigenvalue weighted by Gasteiger charge is 2.70. The summed E-state index contributed by atoms with van der Waals surface area (Å²) in [6.45, 7) is 1.88. The normalized spacial score (nSPS) is 22.4. The number of rotatable bonds is 4. The number of aromatic nitrogens is 1. The van der Waals surface area contributed by atoms with Gasteiger partial charge in [-0.15, -0.1) is 13.2 Å². The van der Waals surface area contributed by atoms with Crippen LogP contribution in [0.5, 0.6) is 11.5 Å². The van der Waals surface area contributed by atoms with E-state index in [9.17, 15) is 22.8 Å². The van der Waals surface area contributed by atoms with Crippen LogP contribution >= 0.6 is 0 Å². The smallest absolute Gasteiger partial charge is 0.496 e. The van der Waals surface area contributed by atoms with Crippen LogP contribution < -0.4 is 19.3 Å². The first-order valence-corrected chi connectivity index (χ1v) is 10.1. The van der Waals surface area contributed by atoms with Gasteiger partial charge in [-0.2, -0.15) is 0 Å². The summed E-state index contributed by atoms with van der Waals surface area (Å²) in [6, 6.07) is 11.0. The van der Waals surface area contributed by atoms with Gasteiger partial charge in [0.2, 0.25) is 0 Å². The molecule has 0 radical (unpaired) electrons. The van der Waals surface area contributed by atoms with Crippen LogP contribution in [0.3, 0.4) is 0 Å². The number of alkyl halides is 3. The third kappa shape index (κ3) is 3.16. The fourth-order valence-corrected chi connectivity index (χ4v) is 4.52. The van der Waals surface area contributed by atoms with Crippen LogP contribution in [0.2, 0.25) is 0 Å². The summed E-state index contributed by atoms with van der Waals surface area (Å²) in [5, 5.41) is 0.595. The third-order valence-corrected chi connectivity index (χ3v) is 6.12. The largest absolute Gasteiger partial charge is 0.573 e. The van der Waals surface area contributed by atoms with Gasteiger partial charge in [0.25, 0.3) is 5.91 Å². The van der Waals surface area contributed by atoms with E-state index in [0.29, 0.717) is 28.8 Å². The van der Waals surface area contributed by atoms with E-state index in [-0.39, 0.29) is 11.6 Å². The number of hydrogen-bond donors (Lipinski definition) is 0. The summed E-state index contributed by atoms with van der Waals surface area (Å²) in [5.41, 5.74) is 0.168. The number of carbonyl (C=O) groups is 2. The topological polar surface area (TPSA) is 72.0 Å². The standard InChI is InChI=1S/C23H18F3N3O4/c1-13-12-22(13)20(30)28(14-6-8-15(9-7-14)33-23(24,25)26)21(31)29(22)17-10-11-27-16-4-3-5-18(32-2)19(16)17/h3-11,13H,12H2,1-2H3. The molecule has 1 aromatic heterocycles. The number of fused-ring (bicyclic) bond motifs is 1. The third-order valence-electron chi connectivity index (χ3n) is 6.12. The quantitative estimate of drug-likeness (QED) is 0.522. The summed E-state index contributed by atoms with van der Waals surface area (Å²) < 4.78 is 46.8. The maximum Gasteiger partial charge on any atom is 0.573 e. The molecule has 1 saturated carbocycles. The molecular weight excluding hydrogens is 439 g/mol. The highest BCUT2D eigenvalue weighted by Crippen LogP contribution is 2.56. The van der Waals surface area contributed by atoms with Crippen molar-refractivity contribution in [3.63, 3.8) is 0 Å². The second-order valence-corrected chi connectivity index (χ2v) is 8.01. The number of amides is 3. The van der Waals surface area contributed by atoms with Gasteiger partial charge in [-0.3, -0.25) is 14.7 Å². The molecule has 5 rings (SSSR count). The molecule has 1 spiro atoms. The summed E-state index contributed by atoms with van der Waals surface area (Å²) in [7, 11) is 1.51. The molecule has 1 aliphatic carbocycles. The monoisotopic (exact) mass is 457 g/mol. The summed E-state index contributed by atoms with van der Waals surface area (Å²) in [6.07, 6.45) is -2.82. The molecule has 0 bridgehead atoms. The van der Waals surface area contributed by atoms with Gasteiger partial charge in [-0.05, 0) is 54.8 Å². The Hall–Kier alpha value is -3.82. The van der Waals surface area contributed by atoms with Crippen LogP contribution in [0.4, 0.5) is 29.3 Å². The molecular formula is C23H18F3N3O4. The van der Waals surface area contributed by atoms with E-state index in [1.807, 2.05) is 6.92 Å². The maximum absolute atomic E-state index is 13.6. The van der Waals surface area contributed by atoms with E-state index in [4.69, 9.17) is 4.74 Å². The van der Waals surface area contributed by atoms with E-state index < -0.39 is 29.6 Å². The molecule has 2 aromatic carbocycles. The number of methoxy groups -OCH3 is 1. The number of nitrogens with zero attached hydrogens (tertiary/aromatic N) is 3. The highest BCUT2D eigenvalue weighted by atomic mass is 19.4. The molecule has 33 heavy (non-hydrogen) atoms. The number of pyridine rings is 1. The van der Waals surface area contributed by atoms with Crippen molar-refractivity contribution in [3.8, 4) is 11.5 Å². The van der Waals surface area contributed by atoms with E-state index in [2.05, 4.69) is 9.72 Å². The zero-order valence-corrected chi connectivity index (χ0v) is 17.6. The van der Waals surface area contributed by atoms with Gasteiger partial charge in [-0.1, -0.05) is 13.0 Å². The van der Waals surface area contributed by atoms with Gasteiger partial charge in [0.15, 0.2) is 0 Å². The van der Waals surface area contributed by atoms with Crippen molar-refractivity contribution < 1.29 is 32.2 Å². The zero-order chi connectivity index (χ0) is 23.5. The Morgan fingerprint density at radius 3 is 2.39 bits per heavy atom. The van der Waals surface area contributed by atoms with Crippen LogP contribution in [0.1, 0.15) is 13.3 Å². The minimum Gasteiger partial charge on any atom is -0.496 e. The number of anilines is 2. The lowest BCUT2D eigenvalue weighted by Gasteiger charge is -2.24. The molecule has 0 N–H and O–H groups in total. The van der Waals surface area contributed by atoms with E-state index in [1.165, 1.54) is 24.1 Å². The Balaban J connectivity index is 1.60.